The van der Waals surface area contributed by atoms with E-state index in [-0.39, 0.29) is 30.0 Å². The fourth-order valence-electron chi connectivity index (χ4n) is 1.82. The average molecular weight is 352 g/mol. The second-order valence-corrected chi connectivity index (χ2v) is 5.75. The molecular weight excluding hydrogens is 328 g/mol. The molecule has 0 bridgehead atoms. The maximum Gasteiger partial charge on any atom is 0.306 e. The van der Waals surface area contributed by atoms with Crippen LogP contribution in [0, 0.1) is 0 Å². The van der Waals surface area contributed by atoms with Crippen LogP contribution in [0.5, 0.6) is 5.75 Å². The zero-order chi connectivity index (χ0) is 17.9. The summed E-state index contributed by atoms with van der Waals surface area (Å²) in [5, 5.41) is 5.71. The molecule has 24 heavy (non-hydrogen) atoms. The number of thiocarbonyl (C=S) groups is 1. The lowest BCUT2D eigenvalue weighted by Crippen LogP contribution is -2.38. The van der Waals surface area contributed by atoms with Crippen LogP contribution in [0.15, 0.2) is 24.3 Å². The molecular formula is C17H24N2O4S. The van der Waals surface area contributed by atoms with Crippen molar-refractivity contribution in [3.05, 3.63) is 29.8 Å². The third-order valence-corrected chi connectivity index (χ3v) is 3.11. The van der Waals surface area contributed by atoms with Gasteiger partial charge >= 0.3 is 5.97 Å². The number of ether oxygens (including phenoxy) is 2. The zero-order valence-electron chi connectivity index (χ0n) is 14.3. The largest absolute Gasteiger partial charge is 0.491 e. The van der Waals surface area contributed by atoms with E-state index in [4.69, 9.17) is 21.7 Å². The Bertz CT molecular complexity index is 558. The third kappa shape index (κ3) is 8.47. The van der Waals surface area contributed by atoms with Crippen LogP contribution in [0.1, 0.15) is 39.2 Å². The van der Waals surface area contributed by atoms with E-state index < -0.39 is 5.97 Å². The van der Waals surface area contributed by atoms with Crippen LogP contribution < -0.4 is 15.4 Å². The third-order valence-electron chi connectivity index (χ3n) is 2.86. The quantitative estimate of drug-likeness (QED) is 0.552. The number of carbonyl (C=O) groups is 2. The van der Waals surface area contributed by atoms with E-state index in [1.807, 2.05) is 38.1 Å². The first kappa shape index (κ1) is 19.9. The predicted molar refractivity (Wildman–Crippen MR) is 95.7 cm³/mol. The highest BCUT2D eigenvalue weighted by Crippen LogP contribution is 2.13. The molecule has 0 aliphatic rings. The number of esters is 1. The molecule has 1 amide bonds. The van der Waals surface area contributed by atoms with Gasteiger partial charge in [0.1, 0.15) is 5.75 Å². The van der Waals surface area contributed by atoms with Crippen LogP contribution in [0.25, 0.3) is 0 Å². The van der Waals surface area contributed by atoms with Gasteiger partial charge in [-0.05, 0) is 50.7 Å². The Labute approximate surface area is 147 Å². The summed E-state index contributed by atoms with van der Waals surface area (Å²) in [7, 11) is 0. The van der Waals surface area contributed by atoms with E-state index in [1.54, 1.807) is 6.92 Å². The molecule has 0 aliphatic carbocycles. The standard InChI is InChI=1S/C17H24N2O4S/c1-4-22-16(21)10-9-15(20)19-17(24)18-11-13-5-7-14(8-6-13)23-12(2)3/h5-8,12H,4,9-11H2,1-3H3,(H2,18,19,20,24). The average Bonchev–Trinajstić information content (AvgIpc) is 2.52. The minimum absolute atomic E-state index is 0.0413. The lowest BCUT2D eigenvalue weighted by atomic mass is 10.2. The van der Waals surface area contributed by atoms with Gasteiger partial charge in [0.2, 0.25) is 5.91 Å². The summed E-state index contributed by atoms with van der Waals surface area (Å²) in [6, 6.07) is 7.63. The van der Waals surface area contributed by atoms with Crippen molar-refractivity contribution >= 4 is 29.2 Å². The Morgan fingerprint density at radius 2 is 1.83 bits per heavy atom. The summed E-state index contributed by atoms with van der Waals surface area (Å²) < 4.78 is 10.3. The predicted octanol–water partition coefficient (Wildman–Crippen LogP) is 2.31. The number of amides is 1. The van der Waals surface area contributed by atoms with Gasteiger partial charge in [0.25, 0.3) is 0 Å². The molecule has 0 aromatic heterocycles. The molecule has 0 saturated carbocycles. The number of carbonyl (C=O) groups excluding carboxylic acids is 2. The van der Waals surface area contributed by atoms with Gasteiger partial charge in [-0.25, -0.2) is 0 Å². The van der Waals surface area contributed by atoms with Gasteiger partial charge in [0, 0.05) is 13.0 Å². The Morgan fingerprint density at radius 1 is 1.17 bits per heavy atom. The second kappa shape index (κ2) is 10.6. The number of hydrogen-bond acceptors (Lipinski definition) is 5. The highest BCUT2D eigenvalue weighted by molar-refractivity contribution is 7.80. The molecule has 0 aliphatic heterocycles. The van der Waals surface area contributed by atoms with Gasteiger partial charge in [-0.1, -0.05) is 12.1 Å². The monoisotopic (exact) mass is 352 g/mol. The van der Waals surface area contributed by atoms with E-state index >= 15 is 0 Å². The molecule has 0 saturated heterocycles. The van der Waals surface area contributed by atoms with Gasteiger partial charge < -0.3 is 20.1 Å². The zero-order valence-corrected chi connectivity index (χ0v) is 15.1. The smallest absolute Gasteiger partial charge is 0.306 e. The molecule has 1 aromatic carbocycles. The summed E-state index contributed by atoms with van der Waals surface area (Å²) in [6.45, 7) is 6.45. The maximum atomic E-state index is 11.7. The van der Waals surface area contributed by atoms with E-state index in [1.165, 1.54) is 0 Å². The van der Waals surface area contributed by atoms with Crippen LogP contribution >= 0.6 is 12.2 Å². The van der Waals surface area contributed by atoms with Gasteiger partial charge in [-0.2, -0.15) is 0 Å². The van der Waals surface area contributed by atoms with Gasteiger partial charge in [0.05, 0.1) is 19.1 Å². The van der Waals surface area contributed by atoms with Crippen molar-refractivity contribution in [2.45, 2.75) is 46.3 Å². The molecule has 1 rings (SSSR count). The van der Waals surface area contributed by atoms with Crippen molar-refractivity contribution in [1.29, 1.82) is 0 Å². The number of hydrogen-bond donors (Lipinski definition) is 2. The summed E-state index contributed by atoms with van der Waals surface area (Å²) in [6.07, 6.45) is 0.216. The number of nitrogens with one attached hydrogen (secondary N) is 2. The lowest BCUT2D eigenvalue weighted by molar-refractivity contribution is -0.144. The maximum absolute atomic E-state index is 11.7. The molecule has 132 valence electrons. The van der Waals surface area contributed by atoms with Crippen LogP contribution in [0.2, 0.25) is 0 Å². The Kier molecular flexibility index (Phi) is 8.78. The van der Waals surface area contributed by atoms with Crippen molar-refractivity contribution in [3.63, 3.8) is 0 Å². The summed E-state index contributed by atoms with van der Waals surface area (Å²) in [5.74, 6) is 0.0973. The van der Waals surface area contributed by atoms with Gasteiger partial charge in [-0.15, -0.1) is 0 Å². The van der Waals surface area contributed by atoms with Crippen LogP contribution in [0.4, 0.5) is 0 Å². The van der Waals surface area contributed by atoms with Crippen LogP contribution in [-0.4, -0.2) is 29.7 Å². The second-order valence-electron chi connectivity index (χ2n) is 5.35. The molecule has 0 atom stereocenters. The molecule has 0 spiro atoms. The van der Waals surface area contributed by atoms with E-state index in [0.717, 1.165) is 11.3 Å². The minimum Gasteiger partial charge on any atom is -0.491 e. The van der Waals surface area contributed by atoms with Crippen LogP contribution in [-0.2, 0) is 20.9 Å². The minimum atomic E-state index is -0.393. The molecule has 0 radical (unpaired) electrons. The summed E-state index contributed by atoms with van der Waals surface area (Å²) in [5.41, 5.74) is 1.01. The number of benzene rings is 1. The first-order chi connectivity index (χ1) is 11.4. The molecule has 6 nitrogen and oxygen atoms in total. The topological polar surface area (TPSA) is 76.7 Å². The normalized spacial score (nSPS) is 10.2. The Morgan fingerprint density at radius 3 is 2.42 bits per heavy atom. The lowest BCUT2D eigenvalue weighted by Gasteiger charge is -2.11. The van der Waals surface area contributed by atoms with Crippen molar-refractivity contribution in [1.82, 2.24) is 10.6 Å². The van der Waals surface area contributed by atoms with E-state index in [0.29, 0.717) is 13.2 Å². The first-order valence-corrected chi connectivity index (χ1v) is 8.30. The molecule has 0 fully saturated rings. The molecule has 2 N–H and O–H groups in total. The van der Waals surface area contributed by atoms with Gasteiger partial charge in [-0.3, -0.25) is 9.59 Å². The van der Waals surface area contributed by atoms with Crippen molar-refractivity contribution < 1.29 is 19.1 Å². The van der Waals surface area contributed by atoms with Crippen molar-refractivity contribution in [2.75, 3.05) is 6.61 Å². The molecule has 0 unspecified atom stereocenters. The SMILES string of the molecule is CCOC(=O)CCC(=O)NC(=S)NCc1ccc(OC(C)C)cc1. The van der Waals surface area contributed by atoms with Gasteiger partial charge in [0.15, 0.2) is 5.11 Å². The summed E-state index contributed by atoms with van der Waals surface area (Å²) in [4.78, 5) is 22.8. The van der Waals surface area contributed by atoms with E-state index in [9.17, 15) is 9.59 Å². The highest BCUT2D eigenvalue weighted by atomic mass is 32.1. The molecule has 7 heteroatoms. The fraction of sp³-hybridized carbons (Fsp3) is 0.471. The van der Waals surface area contributed by atoms with Crippen molar-refractivity contribution in [3.8, 4) is 5.75 Å². The van der Waals surface area contributed by atoms with Crippen LogP contribution in [0.3, 0.4) is 0 Å². The Balaban J connectivity index is 2.30. The van der Waals surface area contributed by atoms with Crippen molar-refractivity contribution in [2.24, 2.45) is 0 Å². The fourth-order valence-corrected chi connectivity index (χ4v) is 2.01. The number of rotatable bonds is 8. The molecule has 1 aromatic rings. The highest BCUT2D eigenvalue weighted by Gasteiger charge is 2.09. The summed E-state index contributed by atoms with van der Waals surface area (Å²) >= 11 is 5.06. The Hall–Kier alpha value is -2.15. The first-order valence-electron chi connectivity index (χ1n) is 7.89. The van der Waals surface area contributed by atoms with E-state index in [2.05, 4.69) is 10.6 Å². The molecule has 0 heterocycles.